The maximum atomic E-state index is 11.6. The number of hydrogen-bond acceptors (Lipinski definition) is 2. The summed E-state index contributed by atoms with van der Waals surface area (Å²) in [5.41, 5.74) is -0.538. The third-order valence-corrected chi connectivity index (χ3v) is 3.39. The summed E-state index contributed by atoms with van der Waals surface area (Å²) in [7, 11) is 0. The van der Waals surface area contributed by atoms with E-state index in [2.05, 4.69) is 5.32 Å². The quantitative estimate of drug-likeness (QED) is 0.802. The van der Waals surface area contributed by atoms with Gasteiger partial charge in [0.2, 0.25) is 5.91 Å². The molecule has 1 N–H and O–H groups in total. The van der Waals surface area contributed by atoms with Crippen LogP contribution in [0, 0.1) is 0 Å². The number of aryl methyl sites for hydroxylation is 1. The van der Waals surface area contributed by atoms with Crippen LogP contribution in [0.5, 0.6) is 0 Å². The van der Waals surface area contributed by atoms with Crippen LogP contribution in [0.1, 0.15) is 19.1 Å². The molecule has 16 heavy (non-hydrogen) atoms. The van der Waals surface area contributed by atoms with Gasteiger partial charge in [-0.1, -0.05) is 0 Å². The second kappa shape index (κ2) is 6.16. The Morgan fingerprint density at radius 1 is 1.50 bits per heavy atom. The van der Waals surface area contributed by atoms with Crippen LogP contribution in [0.2, 0.25) is 0 Å². The molecule has 0 atom stereocenters. The van der Waals surface area contributed by atoms with E-state index in [4.69, 9.17) is 27.6 Å². The number of nitrogens with one attached hydrogen (secondary N) is 1. The Kier molecular flexibility index (Phi) is 5.16. The molecule has 0 aliphatic rings. The predicted octanol–water partition coefficient (Wildman–Crippen LogP) is 2.56. The van der Waals surface area contributed by atoms with E-state index in [9.17, 15) is 4.79 Å². The fraction of sp³-hybridized carbons (Fsp3) is 0.545. The van der Waals surface area contributed by atoms with Gasteiger partial charge in [-0.25, -0.2) is 0 Å². The molecule has 0 radical (unpaired) electrons. The molecule has 0 aliphatic heterocycles. The highest BCUT2D eigenvalue weighted by Gasteiger charge is 2.23. The highest BCUT2D eigenvalue weighted by atomic mass is 35.5. The van der Waals surface area contributed by atoms with E-state index in [0.717, 1.165) is 5.76 Å². The van der Waals surface area contributed by atoms with Gasteiger partial charge in [0, 0.05) is 24.6 Å². The van der Waals surface area contributed by atoms with E-state index in [0.29, 0.717) is 24.6 Å². The van der Waals surface area contributed by atoms with Crippen LogP contribution < -0.4 is 5.32 Å². The second-order valence-electron chi connectivity index (χ2n) is 3.96. The number of hydrogen-bond donors (Lipinski definition) is 1. The normalized spacial score (nSPS) is 11.4. The first kappa shape index (κ1) is 13.4. The molecule has 90 valence electrons. The van der Waals surface area contributed by atoms with Crippen LogP contribution in [-0.4, -0.2) is 23.2 Å². The Balaban J connectivity index is 2.36. The Labute approximate surface area is 105 Å². The van der Waals surface area contributed by atoms with E-state index in [1.165, 1.54) is 0 Å². The van der Waals surface area contributed by atoms with Crippen molar-refractivity contribution in [2.24, 2.45) is 0 Å². The SMILES string of the molecule is CC(CCl)(CCl)NC(=O)CCc1ccco1. The summed E-state index contributed by atoms with van der Waals surface area (Å²) in [6, 6.07) is 3.64. The van der Waals surface area contributed by atoms with Gasteiger partial charge in [0.25, 0.3) is 0 Å². The standard InChI is InChI=1S/C11H15Cl2NO2/c1-11(7-12,8-13)14-10(15)5-4-9-3-2-6-16-9/h2-3,6H,4-5,7-8H2,1H3,(H,14,15). The number of halogens is 2. The van der Waals surface area contributed by atoms with Crippen molar-refractivity contribution in [3.63, 3.8) is 0 Å². The fourth-order valence-corrected chi connectivity index (χ4v) is 1.61. The lowest BCUT2D eigenvalue weighted by atomic mass is 10.1. The molecule has 1 amide bonds. The molecule has 0 fully saturated rings. The van der Waals surface area contributed by atoms with Gasteiger partial charge < -0.3 is 9.73 Å². The van der Waals surface area contributed by atoms with Gasteiger partial charge in [0.15, 0.2) is 0 Å². The third kappa shape index (κ3) is 4.06. The Morgan fingerprint density at radius 3 is 2.69 bits per heavy atom. The van der Waals surface area contributed by atoms with Crippen molar-refractivity contribution in [2.45, 2.75) is 25.3 Å². The maximum absolute atomic E-state index is 11.6. The lowest BCUT2D eigenvalue weighted by Gasteiger charge is -2.25. The fourth-order valence-electron chi connectivity index (χ4n) is 1.19. The molecule has 0 saturated carbocycles. The Bertz CT molecular complexity index is 321. The van der Waals surface area contributed by atoms with E-state index < -0.39 is 5.54 Å². The minimum atomic E-state index is -0.538. The van der Waals surface area contributed by atoms with Crippen molar-refractivity contribution >= 4 is 29.1 Å². The number of carbonyl (C=O) groups is 1. The lowest BCUT2D eigenvalue weighted by Crippen LogP contribution is -2.49. The monoisotopic (exact) mass is 263 g/mol. The molecule has 0 saturated heterocycles. The number of carbonyl (C=O) groups excluding carboxylic acids is 1. The van der Waals surface area contributed by atoms with Crippen molar-refractivity contribution in [2.75, 3.05) is 11.8 Å². The zero-order chi connectivity index (χ0) is 12.0. The summed E-state index contributed by atoms with van der Waals surface area (Å²) >= 11 is 11.5. The van der Waals surface area contributed by atoms with Gasteiger partial charge in [-0.05, 0) is 19.1 Å². The average Bonchev–Trinajstić information content (AvgIpc) is 2.79. The van der Waals surface area contributed by atoms with Gasteiger partial charge in [-0.2, -0.15) is 0 Å². The molecule has 1 heterocycles. The summed E-state index contributed by atoms with van der Waals surface area (Å²) < 4.78 is 5.13. The average molecular weight is 264 g/mol. The highest BCUT2D eigenvalue weighted by molar-refractivity contribution is 6.22. The van der Waals surface area contributed by atoms with E-state index in [1.807, 2.05) is 13.0 Å². The number of alkyl halides is 2. The largest absolute Gasteiger partial charge is 0.469 e. The summed E-state index contributed by atoms with van der Waals surface area (Å²) in [6.45, 7) is 1.82. The van der Waals surface area contributed by atoms with Crippen LogP contribution in [0.3, 0.4) is 0 Å². The summed E-state index contributed by atoms with van der Waals surface area (Å²) in [5.74, 6) is 1.32. The molecule has 1 rings (SSSR count). The van der Waals surface area contributed by atoms with Crippen molar-refractivity contribution in [3.8, 4) is 0 Å². The van der Waals surface area contributed by atoms with Gasteiger partial charge >= 0.3 is 0 Å². The molecule has 0 spiro atoms. The molecule has 0 bridgehead atoms. The van der Waals surface area contributed by atoms with Gasteiger partial charge in [0.1, 0.15) is 5.76 Å². The van der Waals surface area contributed by atoms with Crippen LogP contribution >= 0.6 is 23.2 Å². The van der Waals surface area contributed by atoms with Crippen LogP contribution in [-0.2, 0) is 11.2 Å². The molecule has 0 aromatic carbocycles. The number of furan rings is 1. The molecule has 0 aliphatic carbocycles. The van der Waals surface area contributed by atoms with E-state index in [-0.39, 0.29) is 5.91 Å². The smallest absolute Gasteiger partial charge is 0.220 e. The summed E-state index contributed by atoms with van der Waals surface area (Å²) in [4.78, 5) is 11.6. The molecular formula is C11H15Cl2NO2. The van der Waals surface area contributed by atoms with E-state index >= 15 is 0 Å². The van der Waals surface area contributed by atoms with Crippen molar-refractivity contribution in [1.29, 1.82) is 0 Å². The minimum absolute atomic E-state index is 0.0693. The molecule has 1 aromatic heterocycles. The maximum Gasteiger partial charge on any atom is 0.220 e. The Hall–Kier alpha value is -0.670. The third-order valence-electron chi connectivity index (χ3n) is 2.21. The van der Waals surface area contributed by atoms with Crippen LogP contribution in [0.25, 0.3) is 0 Å². The van der Waals surface area contributed by atoms with Gasteiger partial charge in [0.05, 0.1) is 11.8 Å². The molecule has 1 aromatic rings. The lowest BCUT2D eigenvalue weighted by molar-refractivity contribution is -0.122. The zero-order valence-corrected chi connectivity index (χ0v) is 10.6. The zero-order valence-electron chi connectivity index (χ0n) is 9.13. The summed E-state index contributed by atoms with van der Waals surface area (Å²) in [5, 5.41) is 2.81. The van der Waals surface area contributed by atoms with Crippen molar-refractivity contribution in [1.82, 2.24) is 5.32 Å². The first-order valence-corrected chi connectivity index (χ1v) is 6.12. The van der Waals surface area contributed by atoms with Gasteiger partial charge in [-0.3, -0.25) is 4.79 Å². The van der Waals surface area contributed by atoms with Crippen LogP contribution in [0.15, 0.2) is 22.8 Å². The molecule has 0 unspecified atom stereocenters. The Morgan fingerprint density at radius 2 is 2.19 bits per heavy atom. The molecular weight excluding hydrogens is 249 g/mol. The predicted molar refractivity (Wildman–Crippen MR) is 65.0 cm³/mol. The van der Waals surface area contributed by atoms with Gasteiger partial charge in [-0.15, -0.1) is 23.2 Å². The highest BCUT2D eigenvalue weighted by Crippen LogP contribution is 2.10. The summed E-state index contributed by atoms with van der Waals surface area (Å²) in [6.07, 6.45) is 2.55. The van der Waals surface area contributed by atoms with Crippen molar-refractivity contribution in [3.05, 3.63) is 24.2 Å². The van der Waals surface area contributed by atoms with E-state index in [1.54, 1.807) is 12.3 Å². The van der Waals surface area contributed by atoms with Crippen molar-refractivity contribution < 1.29 is 9.21 Å². The topological polar surface area (TPSA) is 42.2 Å². The van der Waals surface area contributed by atoms with Crippen LogP contribution in [0.4, 0.5) is 0 Å². The first-order valence-electron chi connectivity index (χ1n) is 5.05. The number of amides is 1. The molecule has 5 heteroatoms. The minimum Gasteiger partial charge on any atom is -0.469 e. The second-order valence-corrected chi connectivity index (χ2v) is 4.49. The number of rotatable bonds is 6. The molecule has 3 nitrogen and oxygen atoms in total. The first-order chi connectivity index (χ1) is 7.59.